The van der Waals surface area contributed by atoms with Gasteiger partial charge in [0.15, 0.2) is 0 Å². The number of hydrogen-bond acceptors (Lipinski definition) is 6. The molecule has 2 atom stereocenters. The molecular formula is C36H38Br4N2O4. The van der Waals surface area contributed by atoms with Gasteiger partial charge in [-0.1, -0.05) is 112 Å². The molecule has 6 nitrogen and oxygen atoms in total. The highest BCUT2D eigenvalue weighted by molar-refractivity contribution is 9.11. The van der Waals surface area contributed by atoms with E-state index in [4.69, 9.17) is 9.47 Å². The van der Waals surface area contributed by atoms with Crippen molar-refractivity contribution < 1.29 is 19.7 Å². The molecule has 0 spiro atoms. The molecule has 244 valence electrons. The minimum atomic E-state index is -0.618. The van der Waals surface area contributed by atoms with Crippen LogP contribution in [0.15, 0.2) is 115 Å². The lowest BCUT2D eigenvalue weighted by Crippen LogP contribution is -2.51. The zero-order valence-electron chi connectivity index (χ0n) is 25.3. The van der Waals surface area contributed by atoms with Gasteiger partial charge in [-0.15, -0.1) is 0 Å². The van der Waals surface area contributed by atoms with Crippen LogP contribution >= 0.6 is 63.7 Å². The lowest BCUT2D eigenvalue weighted by molar-refractivity contribution is -0.0268. The molecule has 4 aromatic rings. The van der Waals surface area contributed by atoms with Crippen molar-refractivity contribution in [1.82, 2.24) is 9.80 Å². The first kappa shape index (κ1) is 35.9. The van der Waals surface area contributed by atoms with E-state index in [1.165, 1.54) is 0 Å². The summed E-state index contributed by atoms with van der Waals surface area (Å²) in [7, 11) is 0. The Morgan fingerprint density at radius 3 is 0.935 bits per heavy atom. The molecular weight excluding hydrogens is 844 g/mol. The van der Waals surface area contributed by atoms with Crippen molar-refractivity contribution in [2.45, 2.75) is 24.4 Å². The molecule has 0 aromatic heterocycles. The van der Waals surface area contributed by atoms with E-state index in [0.717, 1.165) is 66.3 Å². The highest BCUT2D eigenvalue weighted by Gasteiger charge is 2.24. The Kier molecular flexibility index (Phi) is 13.9. The van der Waals surface area contributed by atoms with Gasteiger partial charge in [-0.3, -0.25) is 9.80 Å². The highest BCUT2D eigenvalue weighted by atomic mass is 79.9. The lowest BCUT2D eigenvalue weighted by Gasteiger charge is -2.36. The summed E-state index contributed by atoms with van der Waals surface area (Å²) >= 11 is 14.0. The average Bonchev–Trinajstić information content (AvgIpc) is 3.05. The van der Waals surface area contributed by atoms with Crippen LogP contribution in [0, 0.1) is 0 Å². The summed E-state index contributed by atoms with van der Waals surface area (Å²) in [5.74, 6) is 0. The van der Waals surface area contributed by atoms with Gasteiger partial charge in [-0.05, 0) is 70.8 Å². The summed E-state index contributed by atoms with van der Waals surface area (Å²) in [6.07, 6.45) is -1.78. The fourth-order valence-electron chi connectivity index (χ4n) is 5.59. The predicted molar refractivity (Wildman–Crippen MR) is 197 cm³/mol. The lowest BCUT2D eigenvalue weighted by atomic mass is 10.0. The van der Waals surface area contributed by atoms with Gasteiger partial charge in [0.25, 0.3) is 0 Å². The van der Waals surface area contributed by atoms with Crippen LogP contribution < -0.4 is 0 Å². The third-order valence-electron chi connectivity index (χ3n) is 8.00. The van der Waals surface area contributed by atoms with Crippen LogP contribution in [0.2, 0.25) is 0 Å². The van der Waals surface area contributed by atoms with E-state index < -0.39 is 12.2 Å². The van der Waals surface area contributed by atoms with Crippen molar-refractivity contribution in [2.75, 3.05) is 52.5 Å². The summed E-state index contributed by atoms with van der Waals surface area (Å²) in [6.45, 7) is 4.78. The van der Waals surface area contributed by atoms with Crippen molar-refractivity contribution in [3.63, 3.8) is 0 Å². The fraction of sp³-hybridized carbons (Fsp3) is 0.333. The normalized spacial score (nSPS) is 15.8. The zero-order chi connectivity index (χ0) is 32.5. The Morgan fingerprint density at radius 2 is 0.696 bits per heavy atom. The van der Waals surface area contributed by atoms with Gasteiger partial charge in [-0.2, -0.15) is 0 Å². The minimum Gasteiger partial charge on any atom is -0.389 e. The molecule has 1 fully saturated rings. The van der Waals surface area contributed by atoms with Crippen LogP contribution in [0.3, 0.4) is 0 Å². The number of rotatable bonds is 14. The van der Waals surface area contributed by atoms with Gasteiger partial charge >= 0.3 is 0 Å². The van der Waals surface area contributed by atoms with Crippen molar-refractivity contribution in [2.24, 2.45) is 0 Å². The highest BCUT2D eigenvalue weighted by Crippen LogP contribution is 2.30. The summed E-state index contributed by atoms with van der Waals surface area (Å²) in [5.41, 5.74) is 4.14. The van der Waals surface area contributed by atoms with Crippen LogP contribution in [-0.2, 0) is 9.47 Å². The molecule has 1 saturated heterocycles. The van der Waals surface area contributed by atoms with Crippen LogP contribution in [-0.4, -0.2) is 84.7 Å². The molecule has 1 heterocycles. The van der Waals surface area contributed by atoms with E-state index in [0.29, 0.717) is 13.1 Å². The van der Waals surface area contributed by atoms with Crippen LogP contribution in [0.4, 0.5) is 0 Å². The van der Waals surface area contributed by atoms with Crippen molar-refractivity contribution >= 4 is 63.7 Å². The summed E-state index contributed by atoms with van der Waals surface area (Å²) in [5, 5.41) is 21.9. The van der Waals surface area contributed by atoms with Crippen molar-refractivity contribution in [3.05, 3.63) is 137 Å². The molecule has 10 heteroatoms. The Hall–Kier alpha value is -1.44. The molecule has 2 N–H and O–H groups in total. The van der Waals surface area contributed by atoms with Gasteiger partial charge in [0.2, 0.25) is 0 Å². The largest absolute Gasteiger partial charge is 0.389 e. The van der Waals surface area contributed by atoms with E-state index in [-0.39, 0.29) is 25.4 Å². The monoisotopic (exact) mass is 878 g/mol. The molecule has 0 saturated carbocycles. The molecule has 5 rings (SSSR count). The molecule has 0 unspecified atom stereocenters. The number of aliphatic hydroxyl groups excluding tert-OH is 2. The topological polar surface area (TPSA) is 65.4 Å². The number of ether oxygens (including phenoxy) is 2. The third kappa shape index (κ3) is 10.8. The molecule has 0 radical (unpaired) electrons. The minimum absolute atomic E-state index is 0.227. The van der Waals surface area contributed by atoms with Crippen molar-refractivity contribution in [3.8, 4) is 0 Å². The number of halogens is 4. The van der Waals surface area contributed by atoms with Crippen molar-refractivity contribution in [1.29, 1.82) is 0 Å². The zero-order valence-corrected chi connectivity index (χ0v) is 31.7. The van der Waals surface area contributed by atoms with E-state index >= 15 is 0 Å². The Bertz CT molecular complexity index is 1280. The van der Waals surface area contributed by atoms with Gasteiger partial charge in [0.05, 0.1) is 25.4 Å². The van der Waals surface area contributed by atoms with Gasteiger partial charge in [0, 0.05) is 57.2 Å². The summed E-state index contributed by atoms with van der Waals surface area (Å²) in [6, 6.07) is 32.4. The predicted octanol–water partition coefficient (Wildman–Crippen LogP) is 7.99. The van der Waals surface area contributed by atoms with E-state index in [1.807, 2.05) is 97.1 Å². The Balaban J connectivity index is 1.08. The average molecular weight is 882 g/mol. The van der Waals surface area contributed by atoms with Gasteiger partial charge in [0.1, 0.15) is 12.2 Å². The Labute approximate surface area is 305 Å². The number of piperazine rings is 1. The third-order valence-corrected chi connectivity index (χ3v) is 10.1. The number of hydrogen-bond donors (Lipinski definition) is 2. The second kappa shape index (κ2) is 17.8. The van der Waals surface area contributed by atoms with E-state index in [2.05, 4.69) is 73.5 Å². The molecule has 0 amide bonds. The van der Waals surface area contributed by atoms with Crippen LogP contribution in [0.1, 0.15) is 34.5 Å². The maximum absolute atomic E-state index is 10.9. The first-order chi connectivity index (χ1) is 22.2. The first-order valence-corrected chi connectivity index (χ1v) is 18.5. The van der Waals surface area contributed by atoms with Gasteiger partial charge in [-0.25, -0.2) is 0 Å². The molecule has 1 aliphatic heterocycles. The number of aliphatic hydroxyl groups is 2. The van der Waals surface area contributed by atoms with Crippen LogP contribution in [0.25, 0.3) is 0 Å². The number of benzene rings is 4. The first-order valence-electron chi connectivity index (χ1n) is 15.3. The molecule has 0 aliphatic carbocycles. The van der Waals surface area contributed by atoms with Gasteiger partial charge < -0.3 is 19.7 Å². The molecule has 0 bridgehead atoms. The summed E-state index contributed by atoms with van der Waals surface area (Å²) < 4.78 is 16.7. The van der Waals surface area contributed by atoms with E-state index in [1.54, 1.807) is 0 Å². The molecule has 1 aliphatic rings. The van der Waals surface area contributed by atoms with E-state index in [9.17, 15) is 10.2 Å². The maximum atomic E-state index is 10.9. The number of β-amino-alcohol motifs (C(OH)–C–C–N with tert-alkyl or cyclic N) is 2. The number of nitrogens with zero attached hydrogens (tertiary/aromatic N) is 2. The quantitative estimate of drug-likeness (QED) is 0.134. The SMILES string of the molecule is O[C@@H](COC(c1ccc(Br)cc1)c1ccc(Br)cc1)CN1CCN(C[C@@H](O)COC(c2ccc(Br)cc2)c2ccc(Br)cc2)CC1. The molecule has 4 aromatic carbocycles. The smallest absolute Gasteiger partial charge is 0.108 e. The molecule has 46 heavy (non-hydrogen) atoms. The maximum Gasteiger partial charge on any atom is 0.108 e. The van der Waals surface area contributed by atoms with Crippen LogP contribution in [0.5, 0.6) is 0 Å². The Morgan fingerprint density at radius 1 is 0.457 bits per heavy atom. The second-order valence-corrected chi connectivity index (χ2v) is 15.2. The summed E-state index contributed by atoms with van der Waals surface area (Å²) in [4.78, 5) is 4.53. The second-order valence-electron chi connectivity index (χ2n) is 11.5. The standard InChI is InChI=1S/C36H38Br4N2O4/c37-29-9-1-25(2-10-29)35(26-3-11-30(38)12-4-26)45-23-33(43)21-41-17-19-42(20-18-41)22-34(44)24-46-36(27-5-13-31(39)14-6-27)28-7-15-32(40)16-8-28/h1-16,33-36,43-44H,17-24H2/t33-,34-/m1/s1. The fourth-order valence-corrected chi connectivity index (χ4v) is 6.65.